The summed E-state index contributed by atoms with van der Waals surface area (Å²) in [5.74, 6) is 1.51. The fourth-order valence-electron chi connectivity index (χ4n) is 2.46. The van der Waals surface area contributed by atoms with E-state index in [0.29, 0.717) is 39.8 Å². The topological polar surface area (TPSA) is 73.1 Å². The first-order valence-corrected chi connectivity index (χ1v) is 10.6. The second kappa shape index (κ2) is 7.01. The van der Waals surface area contributed by atoms with Gasteiger partial charge in [0.1, 0.15) is 0 Å². The first kappa shape index (κ1) is 17.1. The highest BCUT2D eigenvalue weighted by Gasteiger charge is 2.29. The summed E-state index contributed by atoms with van der Waals surface area (Å²) in [6.45, 7) is 0. The van der Waals surface area contributed by atoms with Crippen LogP contribution in [-0.2, 0) is 22.0 Å². The van der Waals surface area contributed by atoms with Crippen LogP contribution in [0.5, 0.6) is 0 Å². The summed E-state index contributed by atoms with van der Waals surface area (Å²) in [5, 5.41) is 9.59. The monoisotopic (exact) mass is 392 g/mol. The molecule has 0 unspecified atom stereocenters. The highest BCUT2D eigenvalue weighted by Crippen LogP contribution is 2.31. The van der Waals surface area contributed by atoms with Crippen molar-refractivity contribution in [2.45, 2.75) is 23.8 Å². The highest BCUT2D eigenvalue weighted by molar-refractivity contribution is 7.98. The number of rotatable bonds is 5. The van der Waals surface area contributed by atoms with E-state index in [0.717, 1.165) is 5.56 Å². The molecule has 2 heterocycles. The highest BCUT2D eigenvalue weighted by atomic mass is 35.5. The minimum atomic E-state index is -2.89. The van der Waals surface area contributed by atoms with Gasteiger partial charge in [-0.05, 0) is 30.0 Å². The van der Waals surface area contributed by atoms with E-state index >= 15 is 0 Å². The maximum Gasteiger partial charge on any atom is 0.276 e. The Kier molecular flexibility index (Phi) is 5.20. The Morgan fingerprint density at radius 1 is 1.26 bits per heavy atom. The van der Waals surface area contributed by atoms with Crippen molar-refractivity contribution in [3.8, 4) is 0 Å². The van der Waals surface area contributed by atoms with Crippen LogP contribution in [0.3, 0.4) is 0 Å². The van der Waals surface area contributed by atoms with Crippen LogP contribution in [0.2, 0.25) is 10.0 Å². The number of aromatic nitrogens is 2. The second-order valence-corrected chi connectivity index (χ2v) is 9.39. The van der Waals surface area contributed by atoms with E-state index < -0.39 is 9.84 Å². The van der Waals surface area contributed by atoms with E-state index in [2.05, 4.69) is 10.2 Å². The van der Waals surface area contributed by atoms with Crippen molar-refractivity contribution in [1.29, 1.82) is 0 Å². The second-order valence-electron chi connectivity index (χ2n) is 5.42. The van der Waals surface area contributed by atoms with Crippen molar-refractivity contribution in [3.05, 3.63) is 39.7 Å². The van der Waals surface area contributed by atoms with Gasteiger partial charge in [-0.25, -0.2) is 8.42 Å². The molecule has 1 fully saturated rings. The van der Waals surface area contributed by atoms with Crippen molar-refractivity contribution in [2.24, 2.45) is 5.92 Å². The molecule has 124 valence electrons. The van der Waals surface area contributed by atoms with Crippen LogP contribution in [0.15, 0.2) is 27.8 Å². The summed E-state index contributed by atoms with van der Waals surface area (Å²) >= 11 is 13.6. The van der Waals surface area contributed by atoms with E-state index in [9.17, 15) is 8.42 Å². The van der Waals surface area contributed by atoms with Crippen LogP contribution in [0.1, 0.15) is 17.9 Å². The van der Waals surface area contributed by atoms with Crippen molar-refractivity contribution < 1.29 is 12.8 Å². The normalized spacial score (nSPS) is 20.0. The lowest BCUT2D eigenvalue weighted by atomic mass is 10.1. The molecule has 1 aromatic carbocycles. The largest absolute Gasteiger partial charge is 0.416 e. The molecule has 1 atom stereocenters. The van der Waals surface area contributed by atoms with Gasteiger partial charge in [0.05, 0.1) is 11.5 Å². The van der Waals surface area contributed by atoms with Crippen LogP contribution in [0.4, 0.5) is 0 Å². The number of hydrogen-bond donors (Lipinski definition) is 0. The van der Waals surface area contributed by atoms with Gasteiger partial charge in [0.2, 0.25) is 5.89 Å². The molecule has 9 heteroatoms. The summed E-state index contributed by atoms with van der Waals surface area (Å²) in [6.07, 6.45) is 1.15. The fourth-order valence-corrected chi connectivity index (χ4v) is 5.85. The summed E-state index contributed by atoms with van der Waals surface area (Å²) in [6, 6.07) is 5.35. The molecule has 0 amide bonds. The number of nitrogens with zero attached hydrogens (tertiary/aromatic N) is 2. The first-order chi connectivity index (χ1) is 10.9. The van der Waals surface area contributed by atoms with Crippen molar-refractivity contribution in [1.82, 2.24) is 10.2 Å². The summed E-state index contributed by atoms with van der Waals surface area (Å²) < 4.78 is 28.5. The standard InChI is InChI=1S/C14H14Cl2N2O3S2/c15-11-2-1-3-12(16)10(11)7-22-14-18-17-13(21-14)6-9-4-5-23(19,20)8-9/h1-3,9H,4-8H2/t9-/m1/s1. The molecule has 23 heavy (non-hydrogen) atoms. The molecule has 0 spiro atoms. The average molecular weight is 393 g/mol. The van der Waals surface area contributed by atoms with Gasteiger partial charge in [-0.15, -0.1) is 10.2 Å². The lowest BCUT2D eigenvalue weighted by molar-refractivity contribution is 0.389. The number of benzene rings is 1. The predicted molar refractivity (Wildman–Crippen MR) is 90.8 cm³/mol. The molecule has 0 aliphatic carbocycles. The van der Waals surface area contributed by atoms with E-state index in [1.807, 2.05) is 0 Å². The summed E-state index contributed by atoms with van der Waals surface area (Å²) in [5.41, 5.74) is 0.822. The van der Waals surface area contributed by atoms with E-state index in [1.165, 1.54) is 11.8 Å². The molecule has 0 bridgehead atoms. The molecular formula is C14H14Cl2N2O3S2. The van der Waals surface area contributed by atoms with E-state index in [1.54, 1.807) is 18.2 Å². The van der Waals surface area contributed by atoms with Crippen LogP contribution in [0, 0.1) is 5.92 Å². The molecular weight excluding hydrogens is 379 g/mol. The zero-order valence-corrected chi connectivity index (χ0v) is 15.2. The molecule has 0 radical (unpaired) electrons. The third-order valence-corrected chi connectivity index (χ3v) is 7.03. The minimum absolute atomic E-state index is 0.0660. The number of sulfone groups is 1. The Hall–Kier alpha value is -0.760. The van der Waals surface area contributed by atoms with E-state index in [-0.39, 0.29) is 17.4 Å². The van der Waals surface area contributed by atoms with Crippen LogP contribution < -0.4 is 0 Å². The van der Waals surface area contributed by atoms with Gasteiger partial charge in [0.15, 0.2) is 9.84 Å². The average Bonchev–Trinajstić information content (AvgIpc) is 3.05. The van der Waals surface area contributed by atoms with Crippen LogP contribution in [-0.4, -0.2) is 30.1 Å². The number of hydrogen-bond acceptors (Lipinski definition) is 6. The zero-order valence-electron chi connectivity index (χ0n) is 12.0. The molecule has 1 saturated heterocycles. The molecule has 3 rings (SSSR count). The van der Waals surface area contributed by atoms with Gasteiger partial charge in [-0.3, -0.25) is 0 Å². The molecule has 1 aromatic heterocycles. The zero-order chi connectivity index (χ0) is 16.4. The molecule has 1 aliphatic heterocycles. The summed E-state index contributed by atoms with van der Waals surface area (Å²) in [4.78, 5) is 0. The third kappa shape index (κ3) is 4.41. The van der Waals surface area contributed by atoms with Crippen LogP contribution >= 0.6 is 35.0 Å². The molecule has 5 nitrogen and oxygen atoms in total. The van der Waals surface area contributed by atoms with Gasteiger partial charge >= 0.3 is 0 Å². The number of halogens is 2. The Balaban J connectivity index is 1.60. The lowest BCUT2D eigenvalue weighted by Crippen LogP contribution is -2.07. The van der Waals surface area contributed by atoms with Gasteiger partial charge in [0.25, 0.3) is 5.22 Å². The van der Waals surface area contributed by atoms with Crippen molar-refractivity contribution in [2.75, 3.05) is 11.5 Å². The predicted octanol–water partition coefficient (Wildman–Crippen LogP) is 3.65. The van der Waals surface area contributed by atoms with Crippen LogP contribution in [0.25, 0.3) is 0 Å². The van der Waals surface area contributed by atoms with Crippen molar-refractivity contribution >= 4 is 44.8 Å². The summed E-state index contributed by atoms with van der Waals surface area (Å²) in [7, 11) is -2.89. The van der Waals surface area contributed by atoms with Gasteiger partial charge in [-0.1, -0.05) is 41.0 Å². The maximum atomic E-state index is 11.5. The lowest BCUT2D eigenvalue weighted by Gasteiger charge is -2.04. The quantitative estimate of drug-likeness (QED) is 0.722. The SMILES string of the molecule is O=S1(=O)CC[C@H](Cc2nnc(SCc3c(Cl)cccc3Cl)o2)C1. The number of thioether (sulfide) groups is 1. The maximum absolute atomic E-state index is 11.5. The Labute approximate surface area is 148 Å². The Morgan fingerprint density at radius 2 is 2.00 bits per heavy atom. The van der Waals surface area contributed by atoms with Crippen molar-refractivity contribution in [3.63, 3.8) is 0 Å². The molecule has 2 aromatic rings. The Morgan fingerprint density at radius 3 is 2.65 bits per heavy atom. The molecule has 0 N–H and O–H groups in total. The van der Waals surface area contributed by atoms with Gasteiger partial charge in [0, 0.05) is 22.2 Å². The first-order valence-electron chi connectivity index (χ1n) is 7.01. The molecule has 0 saturated carbocycles. The third-order valence-electron chi connectivity index (χ3n) is 3.64. The molecule has 1 aliphatic rings. The Bertz CT molecular complexity index is 788. The fraction of sp³-hybridized carbons (Fsp3) is 0.429. The van der Waals surface area contributed by atoms with Gasteiger partial charge in [-0.2, -0.15) is 0 Å². The van der Waals surface area contributed by atoms with Gasteiger partial charge < -0.3 is 4.42 Å². The minimum Gasteiger partial charge on any atom is -0.416 e. The smallest absolute Gasteiger partial charge is 0.276 e. The van der Waals surface area contributed by atoms with E-state index in [4.69, 9.17) is 27.6 Å².